The number of nitrogens with zero attached hydrogens (tertiary/aromatic N) is 3. The number of phenols is 1. The lowest BCUT2D eigenvalue weighted by molar-refractivity contribution is -0.116. The summed E-state index contributed by atoms with van der Waals surface area (Å²) in [6.45, 7) is 5.18. The van der Waals surface area contributed by atoms with Crippen LogP contribution in [0.3, 0.4) is 0 Å². The first-order chi connectivity index (χ1) is 12.8. The summed E-state index contributed by atoms with van der Waals surface area (Å²) in [6, 6.07) is 5.88. The first-order valence-electron chi connectivity index (χ1n) is 8.91. The number of nitrogens with one attached hydrogen (secondary N) is 1. The van der Waals surface area contributed by atoms with Crippen molar-refractivity contribution in [3.05, 3.63) is 35.7 Å². The molecule has 0 saturated carbocycles. The van der Waals surface area contributed by atoms with Crippen LogP contribution in [0.15, 0.2) is 29.2 Å². The molecule has 1 aromatic heterocycles. The van der Waals surface area contributed by atoms with E-state index in [2.05, 4.69) is 10.4 Å². The minimum absolute atomic E-state index is 0.0658. The van der Waals surface area contributed by atoms with E-state index in [0.717, 1.165) is 24.2 Å². The second-order valence-corrected chi connectivity index (χ2v) is 8.68. The van der Waals surface area contributed by atoms with E-state index in [1.165, 1.54) is 22.5 Å². The van der Waals surface area contributed by atoms with Crippen LogP contribution in [-0.2, 0) is 21.4 Å². The molecule has 0 radical (unpaired) electrons. The third kappa shape index (κ3) is 4.30. The summed E-state index contributed by atoms with van der Waals surface area (Å²) in [5, 5.41) is 16.9. The van der Waals surface area contributed by atoms with Gasteiger partial charge < -0.3 is 10.4 Å². The van der Waals surface area contributed by atoms with Crippen molar-refractivity contribution >= 4 is 21.6 Å². The van der Waals surface area contributed by atoms with Crippen molar-refractivity contribution in [3.8, 4) is 5.75 Å². The Morgan fingerprint density at radius 2 is 1.93 bits per heavy atom. The van der Waals surface area contributed by atoms with Crippen LogP contribution in [0.5, 0.6) is 5.75 Å². The fourth-order valence-electron chi connectivity index (χ4n) is 3.17. The van der Waals surface area contributed by atoms with Gasteiger partial charge in [0.2, 0.25) is 15.9 Å². The molecule has 2 aromatic rings. The third-order valence-corrected chi connectivity index (χ3v) is 6.49. The van der Waals surface area contributed by atoms with Crippen molar-refractivity contribution in [2.24, 2.45) is 0 Å². The lowest BCUT2D eigenvalue weighted by Gasteiger charge is -2.16. The molecule has 1 amide bonds. The summed E-state index contributed by atoms with van der Waals surface area (Å²) < 4.78 is 28.5. The van der Waals surface area contributed by atoms with Crippen molar-refractivity contribution in [1.29, 1.82) is 0 Å². The maximum Gasteiger partial charge on any atom is 0.243 e. The van der Waals surface area contributed by atoms with Crippen LogP contribution in [0.1, 0.15) is 30.7 Å². The first-order valence-corrected chi connectivity index (χ1v) is 10.4. The maximum atomic E-state index is 12.7. The van der Waals surface area contributed by atoms with E-state index in [1.54, 1.807) is 4.68 Å². The Kier molecular flexibility index (Phi) is 5.52. The van der Waals surface area contributed by atoms with E-state index in [-0.39, 0.29) is 28.7 Å². The Labute approximate surface area is 158 Å². The number of hydrogen-bond donors (Lipinski definition) is 2. The number of hydrogen-bond acceptors (Lipinski definition) is 5. The molecule has 146 valence electrons. The standard InChI is InChI=1S/C18H24N4O4S/c1-13-11-14(2)22(20-13)10-7-18(24)19-16-12-15(5-6-17(16)23)27(25,26)21-8-3-4-9-21/h5-6,11-12,23H,3-4,7-10H2,1-2H3,(H,19,24). The fraction of sp³-hybridized carbons (Fsp3) is 0.444. The van der Waals surface area contributed by atoms with Gasteiger partial charge in [0, 0.05) is 31.7 Å². The minimum Gasteiger partial charge on any atom is -0.506 e. The number of amides is 1. The number of aromatic hydroxyl groups is 1. The van der Waals surface area contributed by atoms with Gasteiger partial charge in [0.25, 0.3) is 0 Å². The summed E-state index contributed by atoms with van der Waals surface area (Å²) in [5.74, 6) is -0.497. The quantitative estimate of drug-likeness (QED) is 0.732. The second kappa shape index (κ2) is 7.69. The zero-order chi connectivity index (χ0) is 19.6. The Bertz CT molecular complexity index is 946. The highest BCUT2D eigenvalue weighted by molar-refractivity contribution is 7.89. The molecule has 3 rings (SSSR count). The Hall–Kier alpha value is -2.39. The molecule has 2 N–H and O–H groups in total. The summed E-state index contributed by atoms with van der Waals surface area (Å²) >= 11 is 0. The molecule has 27 heavy (non-hydrogen) atoms. The van der Waals surface area contributed by atoms with Crippen molar-refractivity contribution in [1.82, 2.24) is 14.1 Å². The van der Waals surface area contributed by atoms with E-state index < -0.39 is 10.0 Å². The summed E-state index contributed by atoms with van der Waals surface area (Å²) in [4.78, 5) is 12.3. The van der Waals surface area contributed by atoms with E-state index in [9.17, 15) is 18.3 Å². The number of carbonyl (C=O) groups excluding carboxylic acids is 1. The predicted molar refractivity (Wildman–Crippen MR) is 101 cm³/mol. The fourth-order valence-corrected chi connectivity index (χ4v) is 4.72. The zero-order valence-electron chi connectivity index (χ0n) is 15.5. The number of phenolic OH excluding ortho intramolecular Hbond substituents is 1. The maximum absolute atomic E-state index is 12.7. The van der Waals surface area contributed by atoms with Gasteiger partial charge in [0.05, 0.1) is 16.3 Å². The summed E-state index contributed by atoms with van der Waals surface area (Å²) in [5.41, 5.74) is 1.93. The molecule has 8 nitrogen and oxygen atoms in total. The smallest absolute Gasteiger partial charge is 0.243 e. The van der Waals surface area contributed by atoms with Gasteiger partial charge >= 0.3 is 0 Å². The van der Waals surface area contributed by atoms with Crippen LogP contribution in [0, 0.1) is 13.8 Å². The summed E-state index contributed by atoms with van der Waals surface area (Å²) in [7, 11) is -3.62. The first kappa shape index (κ1) is 19.4. The van der Waals surface area contributed by atoms with Gasteiger partial charge in [-0.3, -0.25) is 9.48 Å². The highest BCUT2D eigenvalue weighted by Crippen LogP contribution is 2.29. The molecule has 0 atom stereocenters. The van der Waals surface area contributed by atoms with E-state index in [4.69, 9.17) is 0 Å². The van der Waals surface area contributed by atoms with Crippen LogP contribution in [0.4, 0.5) is 5.69 Å². The predicted octanol–water partition coefficient (Wildman–Crippen LogP) is 2.02. The molecule has 9 heteroatoms. The number of aryl methyl sites for hydroxylation is 3. The Morgan fingerprint density at radius 1 is 1.22 bits per heavy atom. The largest absolute Gasteiger partial charge is 0.506 e. The van der Waals surface area contributed by atoms with Gasteiger partial charge in [0.1, 0.15) is 5.75 Å². The van der Waals surface area contributed by atoms with E-state index in [1.807, 2.05) is 19.9 Å². The number of aromatic nitrogens is 2. The molecule has 1 saturated heterocycles. The summed E-state index contributed by atoms with van der Waals surface area (Å²) in [6.07, 6.45) is 1.84. The highest BCUT2D eigenvalue weighted by Gasteiger charge is 2.27. The Balaban J connectivity index is 1.70. The van der Waals surface area contributed by atoms with Crippen LogP contribution >= 0.6 is 0 Å². The van der Waals surface area contributed by atoms with Crippen LogP contribution in [-0.4, -0.2) is 46.6 Å². The number of rotatable bonds is 6. The molecular weight excluding hydrogens is 368 g/mol. The molecule has 0 bridgehead atoms. The van der Waals surface area contributed by atoms with Gasteiger partial charge in [-0.05, 0) is 51.0 Å². The zero-order valence-corrected chi connectivity index (χ0v) is 16.3. The monoisotopic (exact) mass is 392 g/mol. The van der Waals surface area contributed by atoms with Crippen LogP contribution in [0.2, 0.25) is 0 Å². The molecule has 1 fully saturated rings. The normalized spacial score (nSPS) is 15.2. The van der Waals surface area contributed by atoms with Crippen molar-refractivity contribution in [2.45, 2.75) is 44.6 Å². The van der Waals surface area contributed by atoms with Gasteiger partial charge in [-0.2, -0.15) is 9.40 Å². The number of carbonyl (C=O) groups is 1. The molecule has 1 aliphatic rings. The molecule has 0 unspecified atom stereocenters. The van der Waals surface area contributed by atoms with Crippen LogP contribution < -0.4 is 5.32 Å². The van der Waals surface area contributed by atoms with Gasteiger partial charge in [-0.1, -0.05) is 0 Å². The molecule has 1 aromatic carbocycles. The number of benzene rings is 1. The second-order valence-electron chi connectivity index (χ2n) is 6.74. The van der Waals surface area contributed by atoms with E-state index in [0.29, 0.717) is 19.6 Å². The van der Waals surface area contributed by atoms with Gasteiger partial charge in [0.15, 0.2) is 0 Å². The van der Waals surface area contributed by atoms with Crippen molar-refractivity contribution < 1.29 is 18.3 Å². The topological polar surface area (TPSA) is 105 Å². The number of sulfonamides is 1. The lowest BCUT2D eigenvalue weighted by Crippen LogP contribution is -2.28. The molecule has 1 aliphatic heterocycles. The Morgan fingerprint density at radius 3 is 2.56 bits per heavy atom. The lowest BCUT2D eigenvalue weighted by atomic mass is 10.2. The average Bonchev–Trinajstić information content (AvgIpc) is 3.25. The van der Waals surface area contributed by atoms with Crippen molar-refractivity contribution in [3.63, 3.8) is 0 Å². The molecular formula is C18H24N4O4S. The van der Waals surface area contributed by atoms with Gasteiger partial charge in [-0.25, -0.2) is 8.42 Å². The average molecular weight is 392 g/mol. The molecule has 2 heterocycles. The SMILES string of the molecule is Cc1cc(C)n(CCC(=O)Nc2cc(S(=O)(=O)N3CCCC3)ccc2O)n1. The highest BCUT2D eigenvalue weighted by atomic mass is 32.2. The molecule has 0 spiro atoms. The third-order valence-electron chi connectivity index (χ3n) is 4.60. The number of anilines is 1. The minimum atomic E-state index is -3.62. The van der Waals surface area contributed by atoms with Crippen LogP contribution in [0.25, 0.3) is 0 Å². The van der Waals surface area contributed by atoms with E-state index >= 15 is 0 Å². The van der Waals surface area contributed by atoms with Crippen molar-refractivity contribution in [2.75, 3.05) is 18.4 Å². The molecule has 0 aliphatic carbocycles. The van der Waals surface area contributed by atoms with Gasteiger partial charge in [-0.15, -0.1) is 0 Å².